The summed E-state index contributed by atoms with van der Waals surface area (Å²) in [6, 6.07) is 8.01. The van der Waals surface area contributed by atoms with Crippen molar-refractivity contribution in [3.05, 3.63) is 36.9 Å². The summed E-state index contributed by atoms with van der Waals surface area (Å²) in [6.45, 7) is 0. The smallest absolute Gasteiger partial charge is 0.189 e. The number of hydrogen-bond acceptors (Lipinski definition) is 6. The van der Waals surface area contributed by atoms with Crippen LogP contribution in [0.4, 0.5) is 10.9 Å². The second-order valence-electron chi connectivity index (χ2n) is 3.94. The molecule has 7 heteroatoms. The van der Waals surface area contributed by atoms with Crippen LogP contribution in [0, 0.1) is 0 Å². The molecule has 2 N–H and O–H groups in total. The second kappa shape index (κ2) is 3.99. The molecule has 4 rings (SSSR count). The highest BCUT2D eigenvalue weighted by atomic mass is 32.1. The number of para-hydroxylation sites is 1. The quantitative estimate of drug-likeness (QED) is 0.584. The Hall–Kier alpha value is -2.54. The first-order valence-electron chi connectivity index (χ1n) is 5.67. The van der Waals surface area contributed by atoms with E-state index in [1.165, 1.54) is 6.33 Å². The van der Waals surface area contributed by atoms with E-state index in [1.54, 1.807) is 17.7 Å². The van der Waals surface area contributed by atoms with E-state index in [4.69, 9.17) is 0 Å². The zero-order chi connectivity index (χ0) is 12.7. The summed E-state index contributed by atoms with van der Waals surface area (Å²) >= 11 is 1.59. The zero-order valence-corrected chi connectivity index (χ0v) is 10.5. The second-order valence-corrected chi connectivity index (χ2v) is 4.97. The van der Waals surface area contributed by atoms with E-state index >= 15 is 0 Å². The molecule has 0 spiro atoms. The van der Waals surface area contributed by atoms with Gasteiger partial charge in [0.15, 0.2) is 16.6 Å². The van der Waals surface area contributed by atoms with E-state index in [2.05, 4.69) is 30.2 Å². The average Bonchev–Trinajstić information content (AvgIpc) is 3.04. The maximum Gasteiger partial charge on any atom is 0.189 e. The molecule has 4 aromatic rings. The number of thiazole rings is 1. The number of aromatic amines is 1. The molecule has 0 atom stereocenters. The number of imidazole rings is 1. The Balaban J connectivity index is 1.79. The van der Waals surface area contributed by atoms with E-state index in [-0.39, 0.29) is 0 Å². The average molecular weight is 268 g/mol. The summed E-state index contributed by atoms with van der Waals surface area (Å²) in [5.41, 5.74) is 2.39. The van der Waals surface area contributed by atoms with Gasteiger partial charge in [-0.25, -0.2) is 19.9 Å². The van der Waals surface area contributed by atoms with E-state index in [0.29, 0.717) is 11.5 Å². The number of nitrogens with zero attached hydrogens (tertiary/aromatic N) is 4. The first-order valence-corrected chi connectivity index (χ1v) is 6.48. The lowest BCUT2D eigenvalue weighted by molar-refractivity contribution is 1.19. The SMILES string of the molecule is c1ccc2sc(Nc3ncnc4nc[nH]c34)nc2c1. The Bertz CT molecular complexity index is 832. The van der Waals surface area contributed by atoms with Crippen LogP contribution in [0.2, 0.25) is 0 Å². The molecule has 0 saturated carbocycles. The highest BCUT2D eigenvalue weighted by molar-refractivity contribution is 7.22. The Kier molecular flexibility index (Phi) is 2.18. The summed E-state index contributed by atoms with van der Waals surface area (Å²) in [4.78, 5) is 19.9. The van der Waals surface area contributed by atoms with Crippen LogP contribution in [0.15, 0.2) is 36.9 Å². The van der Waals surface area contributed by atoms with Gasteiger partial charge in [0, 0.05) is 0 Å². The lowest BCUT2D eigenvalue weighted by atomic mass is 10.3. The number of anilines is 2. The van der Waals surface area contributed by atoms with Crippen LogP contribution < -0.4 is 5.32 Å². The van der Waals surface area contributed by atoms with Gasteiger partial charge in [0.05, 0.1) is 16.5 Å². The van der Waals surface area contributed by atoms with Crippen LogP contribution in [-0.4, -0.2) is 24.9 Å². The fourth-order valence-electron chi connectivity index (χ4n) is 1.89. The predicted molar refractivity (Wildman–Crippen MR) is 74.6 cm³/mol. The largest absolute Gasteiger partial charge is 0.340 e. The van der Waals surface area contributed by atoms with Crippen molar-refractivity contribution in [1.82, 2.24) is 24.9 Å². The lowest BCUT2D eigenvalue weighted by Gasteiger charge is -2.00. The third kappa shape index (κ3) is 1.71. The molecule has 3 aromatic heterocycles. The Morgan fingerprint density at radius 2 is 2.05 bits per heavy atom. The van der Waals surface area contributed by atoms with Gasteiger partial charge in [0.1, 0.15) is 11.8 Å². The maximum atomic E-state index is 4.51. The van der Waals surface area contributed by atoms with Gasteiger partial charge >= 0.3 is 0 Å². The van der Waals surface area contributed by atoms with Crippen molar-refractivity contribution in [1.29, 1.82) is 0 Å². The molecule has 3 heterocycles. The normalized spacial score (nSPS) is 11.2. The summed E-state index contributed by atoms with van der Waals surface area (Å²) in [5.74, 6) is 0.682. The highest BCUT2D eigenvalue weighted by Gasteiger charge is 2.08. The number of nitrogens with one attached hydrogen (secondary N) is 2. The van der Waals surface area contributed by atoms with Crippen LogP contribution >= 0.6 is 11.3 Å². The molecule has 0 unspecified atom stereocenters. The number of hydrogen-bond donors (Lipinski definition) is 2. The fourth-order valence-corrected chi connectivity index (χ4v) is 2.75. The molecule has 0 saturated heterocycles. The van der Waals surface area contributed by atoms with Crippen molar-refractivity contribution in [3.63, 3.8) is 0 Å². The molecule has 0 amide bonds. The minimum absolute atomic E-state index is 0.638. The highest BCUT2D eigenvalue weighted by Crippen LogP contribution is 2.28. The number of benzene rings is 1. The summed E-state index contributed by atoms with van der Waals surface area (Å²) < 4.78 is 1.14. The van der Waals surface area contributed by atoms with Crippen LogP contribution in [-0.2, 0) is 0 Å². The molecule has 92 valence electrons. The van der Waals surface area contributed by atoms with E-state index < -0.39 is 0 Å². The maximum absolute atomic E-state index is 4.51. The van der Waals surface area contributed by atoms with Gasteiger partial charge in [0.2, 0.25) is 0 Å². The van der Waals surface area contributed by atoms with Crippen LogP contribution in [0.1, 0.15) is 0 Å². The molecule has 0 bridgehead atoms. The molecule has 0 fully saturated rings. The van der Waals surface area contributed by atoms with Gasteiger partial charge in [-0.1, -0.05) is 23.5 Å². The van der Waals surface area contributed by atoms with E-state index in [0.717, 1.165) is 20.9 Å². The first kappa shape index (κ1) is 10.4. The Morgan fingerprint density at radius 3 is 3.00 bits per heavy atom. The molecule has 6 nitrogen and oxygen atoms in total. The van der Waals surface area contributed by atoms with Gasteiger partial charge in [-0.3, -0.25) is 0 Å². The number of H-pyrrole nitrogens is 1. The van der Waals surface area contributed by atoms with Crippen molar-refractivity contribution in [2.75, 3.05) is 5.32 Å². The van der Waals surface area contributed by atoms with Gasteiger partial charge in [-0.2, -0.15) is 0 Å². The molecular weight excluding hydrogens is 260 g/mol. The number of rotatable bonds is 2. The predicted octanol–water partition coefficient (Wildman–Crippen LogP) is 2.71. The Morgan fingerprint density at radius 1 is 1.11 bits per heavy atom. The Labute approximate surface area is 111 Å². The summed E-state index contributed by atoms with van der Waals surface area (Å²) in [7, 11) is 0. The molecule has 0 aliphatic carbocycles. The number of aromatic nitrogens is 5. The molecule has 19 heavy (non-hydrogen) atoms. The molecule has 0 radical (unpaired) electrons. The van der Waals surface area contributed by atoms with Crippen LogP contribution in [0.5, 0.6) is 0 Å². The monoisotopic (exact) mass is 268 g/mol. The van der Waals surface area contributed by atoms with Crippen molar-refractivity contribution in [2.45, 2.75) is 0 Å². The van der Waals surface area contributed by atoms with Gasteiger partial charge in [0.25, 0.3) is 0 Å². The standard InChI is InChI=1S/C12H8N6S/c1-2-4-8-7(3-1)17-12(19-8)18-11-9-10(14-5-13-9)15-6-16-11/h1-6H,(H2,13,14,15,16,17,18). The van der Waals surface area contributed by atoms with Crippen LogP contribution in [0.3, 0.4) is 0 Å². The van der Waals surface area contributed by atoms with Crippen molar-refractivity contribution < 1.29 is 0 Å². The lowest BCUT2D eigenvalue weighted by Crippen LogP contribution is -1.95. The molecular formula is C12H8N6S. The minimum Gasteiger partial charge on any atom is -0.340 e. The summed E-state index contributed by atoms with van der Waals surface area (Å²) in [5, 5.41) is 4.01. The molecule has 0 aliphatic heterocycles. The van der Waals surface area contributed by atoms with Crippen molar-refractivity contribution in [2.24, 2.45) is 0 Å². The van der Waals surface area contributed by atoms with E-state index in [1.807, 2.05) is 24.3 Å². The molecule has 1 aromatic carbocycles. The van der Waals surface area contributed by atoms with Crippen molar-refractivity contribution in [3.8, 4) is 0 Å². The third-order valence-corrected chi connectivity index (χ3v) is 3.69. The fraction of sp³-hybridized carbons (Fsp3) is 0. The van der Waals surface area contributed by atoms with Gasteiger partial charge in [-0.05, 0) is 12.1 Å². The van der Waals surface area contributed by atoms with Crippen molar-refractivity contribution >= 4 is 43.7 Å². The van der Waals surface area contributed by atoms with Gasteiger partial charge in [-0.15, -0.1) is 0 Å². The zero-order valence-electron chi connectivity index (χ0n) is 9.66. The minimum atomic E-state index is 0.638. The van der Waals surface area contributed by atoms with Gasteiger partial charge < -0.3 is 10.3 Å². The topological polar surface area (TPSA) is 79.4 Å². The van der Waals surface area contributed by atoms with E-state index in [9.17, 15) is 0 Å². The number of fused-ring (bicyclic) bond motifs is 2. The van der Waals surface area contributed by atoms with Crippen LogP contribution in [0.25, 0.3) is 21.4 Å². The molecule has 0 aliphatic rings. The summed E-state index contributed by atoms with van der Waals surface area (Å²) in [6.07, 6.45) is 3.09. The first-order chi connectivity index (χ1) is 9.40. The third-order valence-electron chi connectivity index (χ3n) is 2.74.